The quantitative estimate of drug-likeness (QED) is 0.753. The third kappa shape index (κ3) is 4.35. The lowest BCUT2D eigenvalue weighted by atomic mass is 9.76. The smallest absolute Gasteiger partial charge is 0.00163 e. The molecule has 1 fully saturated rings. The van der Waals surface area contributed by atoms with Gasteiger partial charge in [0.05, 0.1) is 0 Å². The number of aryl methyl sites for hydroxylation is 1. The SMILES string of the molecule is CC.Cc1ccc(C2(CCN(C)C)CCCC2)cc1. The van der Waals surface area contributed by atoms with Gasteiger partial charge >= 0.3 is 0 Å². The maximum absolute atomic E-state index is 2.36. The molecule has 19 heavy (non-hydrogen) atoms. The van der Waals surface area contributed by atoms with Crippen LogP contribution in [0.5, 0.6) is 0 Å². The van der Waals surface area contributed by atoms with Crippen molar-refractivity contribution < 1.29 is 0 Å². The van der Waals surface area contributed by atoms with E-state index in [1.165, 1.54) is 44.2 Å². The Labute approximate surface area is 120 Å². The first-order valence-electron chi connectivity index (χ1n) is 7.84. The summed E-state index contributed by atoms with van der Waals surface area (Å²) in [6.45, 7) is 7.37. The molecule has 0 atom stereocenters. The lowest BCUT2D eigenvalue weighted by Crippen LogP contribution is -2.28. The molecule has 0 aliphatic heterocycles. The Morgan fingerprint density at radius 3 is 2.00 bits per heavy atom. The lowest BCUT2D eigenvalue weighted by Gasteiger charge is -2.31. The number of nitrogens with zero attached hydrogens (tertiary/aromatic N) is 1. The van der Waals surface area contributed by atoms with E-state index in [9.17, 15) is 0 Å². The molecular weight excluding hydrogens is 230 g/mol. The van der Waals surface area contributed by atoms with Gasteiger partial charge in [0, 0.05) is 0 Å². The van der Waals surface area contributed by atoms with Crippen LogP contribution in [-0.2, 0) is 5.41 Å². The van der Waals surface area contributed by atoms with Crippen molar-refractivity contribution in [2.24, 2.45) is 0 Å². The minimum Gasteiger partial charge on any atom is -0.309 e. The topological polar surface area (TPSA) is 3.24 Å². The fourth-order valence-electron chi connectivity index (χ4n) is 3.08. The molecule has 0 N–H and O–H groups in total. The van der Waals surface area contributed by atoms with Crippen molar-refractivity contribution in [3.63, 3.8) is 0 Å². The largest absolute Gasteiger partial charge is 0.309 e. The molecule has 0 spiro atoms. The van der Waals surface area contributed by atoms with E-state index < -0.39 is 0 Å². The predicted octanol–water partition coefficient (Wildman–Crippen LogP) is 4.78. The van der Waals surface area contributed by atoms with E-state index in [1.807, 2.05) is 13.8 Å². The van der Waals surface area contributed by atoms with Crippen molar-refractivity contribution in [1.29, 1.82) is 0 Å². The summed E-state index contributed by atoms with van der Waals surface area (Å²) in [5, 5.41) is 0. The molecule has 0 heterocycles. The van der Waals surface area contributed by atoms with E-state index in [0.717, 1.165) is 0 Å². The highest BCUT2D eigenvalue weighted by atomic mass is 15.0. The minimum absolute atomic E-state index is 0.470. The van der Waals surface area contributed by atoms with Gasteiger partial charge < -0.3 is 4.90 Å². The molecule has 1 saturated carbocycles. The molecule has 0 radical (unpaired) electrons. The summed E-state index contributed by atoms with van der Waals surface area (Å²) in [7, 11) is 4.36. The zero-order valence-corrected chi connectivity index (χ0v) is 13.5. The Bertz CT molecular complexity index is 344. The maximum atomic E-state index is 2.36. The summed E-state index contributed by atoms with van der Waals surface area (Å²) in [5.74, 6) is 0. The monoisotopic (exact) mass is 261 g/mol. The van der Waals surface area contributed by atoms with Crippen LogP contribution in [-0.4, -0.2) is 25.5 Å². The lowest BCUT2D eigenvalue weighted by molar-refractivity contribution is 0.315. The van der Waals surface area contributed by atoms with Crippen LogP contribution in [0.1, 0.15) is 57.1 Å². The molecular formula is C18H31N. The third-order valence-electron chi connectivity index (χ3n) is 4.26. The molecule has 1 aromatic rings. The Morgan fingerprint density at radius 2 is 1.53 bits per heavy atom. The van der Waals surface area contributed by atoms with Crippen LogP contribution < -0.4 is 0 Å². The third-order valence-corrected chi connectivity index (χ3v) is 4.26. The second-order valence-electron chi connectivity index (χ2n) is 5.91. The summed E-state index contributed by atoms with van der Waals surface area (Å²) in [6, 6.07) is 9.25. The molecule has 1 aromatic carbocycles. The van der Waals surface area contributed by atoms with Gasteiger partial charge in [0.25, 0.3) is 0 Å². The summed E-state index contributed by atoms with van der Waals surface area (Å²) in [5.41, 5.74) is 3.41. The first-order valence-corrected chi connectivity index (χ1v) is 7.84. The normalized spacial score (nSPS) is 17.2. The van der Waals surface area contributed by atoms with Gasteiger partial charge in [-0.2, -0.15) is 0 Å². The number of hydrogen-bond donors (Lipinski definition) is 0. The van der Waals surface area contributed by atoms with Crippen molar-refractivity contribution in [2.45, 2.75) is 58.3 Å². The van der Waals surface area contributed by atoms with Gasteiger partial charge in [-0.25, -0.2) is 0 Å². The number of rotatable bonds is 4. The molecule has 108 valence electrons. The van der Waals surface area contributed by atoms with Gasteiger partial charge in [0.2, 0.25) is 0 Å². The molecule has 1 aliphatic rings. The highest BCUT2D eigenvalue weighted by Crippen LogP contribution is 2.43. The molecule has 2 rings (SSSR count). The Balaban J connectivity index is 0.000000861. The van der Waals surface area contributed by atoms with Crippen LogP contribution in [0.15, 0.2) is 24.3 Å². The van der Waals surface area contributed by atoms with Crippen LogP contribution in [0.4, 0.5) is 0 Å². The summed E-state index contributed by atoms with van der Waals surface area (Å²) in [6.07, 6.45) is 6.87. The Morgan fingerprint density at radius 1 is 1.00 bits per heavy atom. The molecule has 0 aromatic heterocycles. The van der Waals surface area contributed by atoms with Gasteiger partial charge in [0.1, 0.15) is 0 Å². The maximum Gasteiger partial charge on any atom is -0.00163 e. The van der Waals surface area contributed by atoms with Crippen LogP contribution in [0, 0.1) is 6.92 Å². The van der Waals surface area contributed by atoms with E-state index >= 15 is 0 Å². The van der Waals surface area contributed by atoms with Gasteiger partial charge in [0.15, 0.2) is 0 Å². The average Bonchev–Trinajstić information content (AvgIpc) is 2.90. The molecule has 1 nitrogen and oxygen atoms in total. The highest BCUT2D eigenvalue weighted by molar-refractivity contribution is 5.29. The first-order chi connectivity index (χ1) is 9.12. The van der Waals surface area contributed by atoms with Crippen molar-refractivity contribution in [3.05, 3.63) is 35.4 Å². The summed E-state index contributed by atoms with van der Waals surface area (Å²) in [4.78, 5) is 2.31. The van der Waals surface area contributed by atoms with Crippen LogP contribution in [0.25, 0.3) is 0 Å². The number of benzene rings is 1. The van der Waals surface area contributed by atoms with E-state index in [1.54, 1.807) is 5.56 Å². The average molecular weight is 261 g/mol. The molecule has 0 unspecified atom stereocenters. The van der Waals surface area contributed by atoms with E-state index in [2.05, 4.69) is 50.2 Å². The van der Waals surface area contributed by atoms with E-state index in [0.29, 0.717) is 5.41 Å². The Kier molecular flexibility index (Phi) is 6.57. The van der Waals surface area contributed by atoms with E-state index in [-0.39, 0.29) is 0 Å². The van der Waals surface area contributed by atoms with Gasteiger partial charge in [-0.3, -0.25) is 0 Å². The Hall–Kier alpha value is -0.820. The molecule has 0 bridgehead atoms. The first kappa shape index (κ1) is 16.2. The van der Waals surface area contributed by atoms with Crippen molar-refractivity contribution in [1.82, 2.24) is 4.90 Å². The zero-order chi connectivity index (χ0) is 14.3. The van der Waals surface area contributed by atoms with Crippen LogP contribution >= 0.6 is 0 Å². The summed E-state index contributed by atoms with van der Waals surface area (Å²) < 4.78 is 0. The standard InChI is InChI=1S/C16H25N.C2H6/c1-14-6-8-15(9-7-14)16(10-4-5-11-16)12-13-17(2)3;1-2/h6-9H,4-5,10-13H2,1-3H3;1-2H3. The fraction of sp³-hybridized carbons (Fsp3) is 0.667. The van der Waals surface area contributed by atoms with Crippen molar-refractivity contribution >= 4 is 0 Å². The van der Waals surface area contributed by atoms with Gasteiger partial charge in [-0.15, -0.1) is 0 Å². The van der Waals surface area contributed by atoms with E-state index in [4.69, 9.17) is 0 Å². The predicted molar refractivity (Wildman–Crippen MR) is 85.8 cm³/mol. The van der Waals surface area contributed by atoms with Crippen LogP contribution in [0.3, 0.4) is 0 Å². The number of hydrogen-bond acceptors (Lipinski definition) is 1. The highest BCUT2D eigenvalue weighted by Gasteiger charge is 2.34. The van der Waals surface area contributed by atoms with Gasteiger partial charge in [-0.1, -0.05) is 56.5 Å². The summed E-state index contributed by atoms with van der Waals surface area (Å²) >= 11 is 0. The van der Waals surface area contributed by atoms with Crippen LogP contribution in [0.2, 0.25) is 0 Å². The van der Waals surface area contributed by atoms with Crippen molar-refractivity contribution in [2.75, 3.05) is 20.6 Å². The van der Waals surface area contributed by atoms with Crippen molar-refractivity contribution in [3.8, 4) is 0 Å². The molecule has 1 heteroatoms. The minimum atomic E-state index is 0.470. The second-order valence-corrected chi connectivity index (χ2v) is 5.91. The van der Waals surface area contributed by atoms with Gasteiger partial charge in [-0.05, 0) is 57.8 Å². The molecule has 0 saturated heterocycles. The molecule has 1 aliphatic carbocycles. The fourth-order valence-corrected chi connectivity index (χ4v) is 3.08. The second kappa shape index (κ2) is 7.69. The zero-order valence-electron chi connectivity index (χ0n) is 13.5. The molecule has 0 amide bonds.